The van der Waals surface area contributed by atoms with Crippen LogP contribution in [-0.4, -0.2) is 36.5 Å². The third-order valence-electron chi connectivity index (χ3n) is 5.47. The molecule has 1 N–H and O–H groups in total. The van der Waals surface area contributed by atoms with E-state index in [1.165, 1.54) is 0 Å². The van der Waals surface area contributed by atoms with E-state index in [4.69, 9.17) is 21.1 Å². The highest BCUT2D eigenvalue weighted by molar-refractivity contribution is 6.31. The molecular formula is C24H27ClN2O3. The lowest BCUT2D eigenvalue weighted by atomic mass is 10.1. The molecule has 30 heavy (non-hydrogen) atoms. The van der Waals surface area contributed by atoms with Gasteiger partial charge in [-0.25, -0.2) is 0 Å². The Labute approximate surface area is 181 Å². The number of rotatable bonds is 7. The number of nitrogens with zero attached hydrogens (tertiary/aromatic N) is 1. The first kappa shape index (κ1) is 20.9. The molecule has 2 heterocycles. The molecule has 1 amide bonds. The van der Waals surface area contributed by atoms with Crippen molar-refractivity contribution in [3.05, 3.63) is 59.2 Å². The summed E-state index contributed by atoms with van der Waals surface area (Å²) in [7, 11) is 1.93. The van der Waals surface area contributed by atoms with Gasteiger partial charge < -0.3 is 19.4 Å². The van der Waals surface area contributed by atoms with Crippen molar-refractivity contribution in [2.45, 2.75) is 32.0 Å². The maximum atomic E-state index is 13.0. The zero-order valence-corrected chi connectivity index (χ0v) is 18.0. The molecule has 1 fully saturated rings. The molecule has 6 heteroatoms. The summed E-state index contributed by atoms with van der Waals surface area (Å²) in [6.45, 7) is 1.89. The van der Waals surface area contributed by atoms with E-state index in [2.05, 4.69) is 5.32 Å². The van der Waals surface area contributed by atoms with Crippen molar-refractivity contribution in [1.29, 1.82) is 0 Å². The standard InChI is InChI=1S/C24H27ClN2O3/c1-27-22(17-8-3-2-4-9-17)20-16-18(25)11-12-19(20)23(27)24(28)26-13-7-15-30-21-10-5-6-14-29-21/h2-4,8-9,11-12,16,21H,5-7,10,13-15H2,1H3,(H,26,28). The van der Waals surface area contributed by atoms with Gasteiger partial charge in [0, 0.05) is 36.0 Å². The molecule has 2 aromatic carbocycles. The number of ether oxygens (including phenoxy) is 2. The second-order valence-corrected chi connectivity index (χ2v) is 8.02. The topological polar surface area (TPSA) is 52.5 Å². The number of aromatic nitrogens is 1. The van der Waals surface area contributed by atoms with Crippen LogP contribution >= 0.6 is 11.6 Å². The Morgan fingerprint density at radius 1 is 1.20 bits per heavy atom. The molecule has 1 atom stereocenters. The zero-order chi connectivity index (χ0) is 20.9. The predicted octanol–water partition coefficient (Wildman–Crippen LogP) is 5.16. The molecule has 0 aliphatic carbocycles. The van der Waals surface area contributed by atoms with Crippen LogP contribution in [0.2, 0.25) is 5.02 Å². The van der Waals surface area contributed by atoms with Gasteiger partial charge in [-0.3, -0.25) is 4.79 Å². The number of hydrogen-bond acceptors (Lipinski definition) is 3. The Hall–Kier alpha value is -2.34. The molecule has 5 nitrogen and oxygen atoms in total. The van der Waals surface area contributed by atoms with E-state index < -0.39 is 0 Å². The fourth-order valence-electron chi connectivity index (χ4n) is 4.03. The van der Waals surface area contributed by atoms with Crippen molar-refractivity contribution in [3.8, 4) is 11.3 Å². The third kappa shape index (κ3) is 4.53. The first-order chi connectivity index (χ1) is 14.6. The molecule has 0 radical (unpaired) electrons. The number of hydrogen-bond donors (Lipinski definition) is 1. The van der Waals surface area contributed by atoms with Crippen LogP contribution < -0.4 is 5.32 Å². The lowest BCUT2D eigenvalue weighted by Crippen LogP contribution is -2.28. The monoisotopic (exact) mass is 426 g/mol. The fraction of sp³-hybridized carbons (Fsp3) is 0.375. The van der Waals surface area contributed by atoms with Gasteiger partial charge in [0.25, 0.3) is 5.91 Å². The second kappa shape index (κ2) is 9.65. The highest BCUT2D eigenvalue weighted by Gasteiger charge is 2.21. The molecule has 4 rings (SSSR count). The number of benzene rings is 2. The summed E-state index contributed by atoms with van der Waals surface area (Å²) in [6.07, 6.45) is 3.86. The van der Waals surface area contributed by atoms with Gasteiger partial charge in [0.2, 0.25) is 0 Å². The normalized spacial score (nSPS) is 16.7. The van der Waals surface area contributed by atoms with Crippen LogP contribution in [0.4, 0.5) is 0 Å². The highest BCUT2D eigenvalue weighted by Crippen LogP contribution is 2.35. The molecule has 1 saturated heterocycles. The Balaban J connectivity index is 1.48. The third-order valence-corrected chi connectivity index (χ3v) is 5.71. The maximum Gasteiger partial charge on any atom is 0.268 e. The minimum Gasteiger partial charge on any atom is -0.353 e. The summed E-state index contributed by atoms with van der Waals surface area (Å²) < 4.78 is 13.3. The largest absolute Gasteiger partial charge is 0.353 e. The van der Waals surface area contributed by atoms with Crippen molar-refractivity contribution < 1.29 is 14.3 Å². The lowest BCUT2D eigenvalue weighted by molar-refractivity contribution is -0.162. The van der Waals surface area contributed by atoms with Crippen molar-refractivity contribution in [1.82, 2.24) is 9.88 Å². The van der Waals surface area contributed by atoms with Crippen molar-refractivity contribution in [2.75, 3.05) is 19.8 Å². The Kier molecular flexibility index (Phi) is 6.72. The Morgan fingerprint density at radius 2 is 2.03 bits per heavy atom. The van der Waals surface area contributed by atoms with Gasteiger partial charge >= 0.3 is 0 Å². The quantitative estimate of drug-likeness (QED) is 0.531. The van der Waals surface area contributed by atoms with Gasteiger partial charge in [-0.1, -0.05) is 48.0 Å². The van der Waals surface area contributed by atoms with E-state index >= 15 is 0 Å². The smallest absolute Gasteiger partial charge is 0.268 e. The summed E-state index contributed by atoms with van der Waals surface area (Å²) in [5, 5.41) is 5.55. The molecule has 3 aromatic rings. The van der Waals surface area contributed by atoms with Crippen LogP contribution in [0.15, 0.2) is 48.5 Å². The van der Waals surface area contributed by atoms with Gasteiger partial charge in [0.1, 0.15) is 5.69 Å². The average molecular weight is 427 g/mol. The predicted molar refractivity (Wildman–Crippen MR) is 120 cm³/mol. The van der Waals surface area contributed by atoms with E-state index in [1.807, 2.05) is 60.1 Å². The fourth-order valence-corrected chi connectivity index (χ4v) is 4.20. The molecule has 1 aliphatic rings. The van der Waals surface area contributed by atoms with E-state index in [0.717, 1.165) is 54.3 Å². The number of carbonyl (C=O) groups excluding carboxylic acids is 1. The first-order valence-corrected chi connectivity index (χ1v) is 10.9. The molecule has 0 bridgehead atoms. The van der Waals surface area contributed by atoms with Crippen LogP contribution in [-0.2, 0) is 16.5 Å². The second-order valence-electron chi connectivity index (χ2n) is 7.59. The van der Waals surface area contributed by atoms with Crippen LogP contribution in [0.1, 0.15) is 36.2 Å². The van der Waals surface area contributed by atoms with Crippen LogP contribution in [0, 0.1) is 0 Å². The highest BCUT2D eigenvalue weighted by atomic mass is 35.5. The number of amides is 1. The first-order valence-electron chi connectivity index (χ1n) is 10.5. The van der Waals surface area contributed by atoms with Gasteiger partial charge in [-0.05, 0) is 43.4 Å². The van der Waals surface area contributed by atoms with Gasteiger partial charge in [-0.2, -0.15) is 0 Å². The lowest BCUT2D eigenvalue weighted by Gasteiger charge is -2.22. The van der Waals surface area contributed by atoms with Crippen LogP contribution in [0.3, 0.4) is 0 Å². The molecule has 158 valence electrons. The van der Waals surface area contributed by atoms with Crippen LogP contribution in [0.25, 0.3) is 22.0 Å². The Bertz CT molecular complexity index is 1010. The summed E-state index contributed by atoms with van der Waals surface area (Å²) in [5.41, 5.74) is 2.67. The van der Waals surface area contributed by atoms with Crippen molar-refractivity contribution in [2.24, 2.45) is 7.05 Å². The molecule has 1 unspecified atom stereocenters. The van der Waals surface area contributed by atoms with Gasteiger partial charge in [-0.15, -0.1) is 0 Å². The number of halogens is 1. The van der Waals surface area contributed by atoms with E-state index in [1.54, 1.807) is 0 Å². The number of nitrogens with one attached hydrogen (secondary N) is 1. The van der Waals surface area contributed by atoms with Gasteiger partial charge in [0.05, 0.1) is 12.3 Å². The number of carbonyl (C=O) groups is 1. The summed E-state index contributed by atoms with van der Waals surface area (Å²) >= 11 is 6.27. The summed E-state index contributed by atoms with van der Waals surface area (Å²) in [6, 6.07) is 15.7. The van der Waals surface area contributed by atoms with Crippen molar-refractivity contribution in [3.63, 3.8) is 0 Å². The molecule has 0 saturated carbocycles. The van der Waals surface area contributed by atoms with E-state index in [0.29, 0.717) is 23.9 Å². The molecule has 0 spiro atoms. The van der Waals surface area contributed by atoms with Crippen LogP contribution in [0.5, 0.6) is 0 Å². The summed E-state index contributed by atoms with van der Waals surface area (Å²) in [4.78, 5) is 13.0. The van der Waals surface area contributed by atoms with E-state index in [9.17, 15) is 4.79 Å². The minimum atomic E-state index is -0.0964. The molecule has 1 aliphatic heterocycles. The van der Waals surface area contributed by atoms with Gasteiger partial charge in [0.15, 0.2) is 6.29 Å². The van der Waals surface area contributed by atoms with Crippen molar-refractivity contribution >= 4 is 28.3 Å². The molecular weight excluding hydrogens is 400 g/mol. The van der Waals surface area contributed by atoms with E-state index in [-0.39, 0.29) is 12.2 Å². The Morgan fingerprint density at radius 3 is 2.80 bits per heavy atom. The number of fused-ring (bicyclic) bond motifs is 1. The maximum absolute atomic E-state index is 13.0. The molecule has 1 aromatic heterocycles. The minimum absolute atomic E-state index is 0.0931. The summed E-state index contributed by atoms with van der Waals surface area (Å²) in [5.74, 6) is -0.0964. The zero-order valence-electron chi connectivity index (χ0n) is 17.2. The SMILES string of the molecule is Cn1c(C(=O)NCCCOC2CCCCO2)c2ccc(Cl)cc2c1-c1ccccc1. The average Bonchev–Trinajstić information content (AvgIpc) is 3.05.